The first kappa shape index (κ1) is 15.4. The van der Waals surface area contributed by atoms with E-state index >= 15 is 0 Å². The topological polar surface area (TPSA) is 55.8 Å². The standard InChI is InChI=1S/C13H27N3O2/c1-13(14-2,12(17)18)10-16(4)9-11-5-7-15(3)8-6-11/h11,14H,5-10H2,1-4H3,(H,17,18). The Hall–Kier alpha value is -0.650. The first-order valence-electron chi connectivity index (χ1n) is 6.67. The summed E-state index contributed by atoms with van der Waals surface area (Å²) >= 11 is 0. The van der Waals surface area contributed by atoms with Crippen molar-refractivity contribution in [3.63, 3.8) is 0 Å². The van der Waals surface area contributed by atoms with Gasteiger partial charge in [-0.1, -0.05) is 0 Å². The van der Waals surface area contributed by atoms with E-state index in [-0.39, 0.29) is 0 Å². The molecule has 0 aromatic rings. The molecule has 0 aromatic heterocycles. The highest BCUT2D eigenvalue weighted by Crippen LogP contribution is 2.17. The van der Waals surface area contributed by atoms with Gasteiger partial charge < -0.3 is 20.2 Å². The Morgan fingerprint density at radius 2 is 2.06 bits per heavy atom. The Morgan fingerprint density at radius 3 is 2.50 bits per heavy atom. The predicted octanol–water partition coefficient (Wildman–Crippen LogP) is 0.323. The lowest BCUT2D eigenvalue weighted by atomic mass is 9.95. The number of carbonyl (C=O) groups is 1. The van der Waals surface area contributed by atoms with E-state index in [0.29, 0.717) is 12.5 Å². The molecule has 0 bridgehead atoms. The second kappa shape index (κ2) is 6.50. The van der Waals surface area contributed by atoms with Crippen LogP contribution in [0.5, 0.6) is 0 Å². The molecular weight excluding hydrogens is 230 g/mol. The summed E-state index contributed by atoms with van der Waals surface area (Å²) in [6.45, 7) is 5.56. The van der Waals surface area contributed by atoms with Crippen molar-refractivity contribution in [3.05, 3.63) is 0 Å². The van der Waals surface area contributed by atoms with E-state index in [9.17, 15) is 9.90 Å². The molecular formula is C13H27N3O2. The van der Waals surface area contributed by atoms with Crippen molar-refractivity contribution in [2.45, 2.75) is 25.3 Å². The van der Waals surface area contributed by atoms with Crippen LogP contribution in [0, 0.1) is 5.92 Å². The number of aliphatic carboxylic acids is 1. The fourth-order valence-corrected chi connectivity index (χ4v) is 2.54. The van der Waals surface area contributed by atoms with Crippen LogP contribution in [-0.4, -0.2) is 73.7 Å². The van der Waals surface area contributed by atoms with Gasteiger partial charge in [-0.25, -0.2) is 0 Å². The van der Waals surface area contributed by atoms with Gasteiger partial charge >= 0.3 is 5.97 Å². The molecule has 0 saturated carbocycles. The molecule has 0 aromatic carbocycles. The first-order chi connectivity index (χ1) is 8.37. The van der Waals surface area contributed by atoms with Gasteiger partial charge in [0.2, 0.25) is 0 Å². The highest BCUT2D eigenvalue weighted by molar-refractivity contribution is 5.78. The molecule has 5 heteroatoms. The summed E-state index contributed by atoms with van der Waals surface area (Å²) in [7, 11) is 5.87. The Labute approximate surface area is 110 Å². The van der Waals surface area contributed by atoms with Crippen LogP contribution >= 0.6 is 0 Å². The number of piperidine rings is 1. The number of likely N-dealkylation sites (tertiary alicyclic amines) is 1. The molecule has 1 rings (SSSR count). The van der Waals surface area contributed by atoms with Crippen molar-refractivity contribution in [2.75, 3.05) is 47.3 Å². The number of likely N-dealkylation sites (N-methyl/N-ethyl adjacent to an activating group) is 2. The van der Waals surface area contributed by atoms with Gasteiger partial charge in [-0.15, -0.1) is 0 Å². The van der Waals surface area contributed by atoms with Crippen molar-refractivity contribution in [2.24, 2.45) is 5.92 Å². The lowest BCUT2D eigenvalue weighted by molar-refractivity contribution is -0.144. The van der Waals surface area contributed by atoms with E-state index in [1.165, 1.54) is 12.8 Å². The zero-order valence-corrected chi connectivity index (χ0v) is 12.1. The van der Waals surface area contributed by atoms with Crippen molar-refractivity contribution >= 4 is 5.97 Å². The van der Waals surface area contributed by atoms with Crippen molar-refractivity contribution in [1.29, 1.82) is 0 Å². The summed E-state index contributed by atoms with van der Waals surface area (Å²) in [6, 6.07) is 0. The lowest BCUT2D eigenvalue weighted by Gasteiger charge is -2.34. The van der Waals surface area contributed by atoms with Crippen molar-refractivity contribution < 1.29 is 9.90 Å². The smallest absolute Gasteiger partial charge is 0.324 e. The minimum Gasteiger partial charge on any atom is -0.480 e. The molecule has 1 unspecified atom stereocenters. The predicted molar refractivity (Wildman–Crippen MR) is 72.8 cm³/mol. The summed E-state index contributed by atoms with van der Waals surface area (Å²) in [5.41, 5.74) is -0.861. The van der Waals surface area contributed by atoms with Crippen LogP contribution in [0.3, 0.4) is 0 Å². The Balaban J connectivity index is 2.41. The van der Waals surface area contributed by atoms with E-state index in [4.69, 9.17) is 0 Å². The molecule has 0 spiro atoms. The van der Waals surface area contributed by atoms with Crippen molar-refractivity contribution in [1.82, 2.24) is 15.1 Å². The number of rotatable bonds is 6. The average Bonchev–Trinajstić information content (AvgIpc) is 2.31. The summed E-state index contributed by atoms with van der Waals surface area (Å²) < 4.78 is 0. The Bertz CT molecular complexity index is 277. The van der Waals surface area contributed by atoms with Crippen LogP contribution in [0.25, 0.3) is 0 Å². The molecule has 5 nitrogen and oxygen atoms in total. The molecule has 1 aliphatic rings. The largest absolute Gasteiger partial charge is 0.480 e. The zero-order valence-electron chi connectivity index (χ0n) is 12.1. The highest BCUT2D eigenvalue weighted by atomic mass is 16.4. The van der Waals surface area contributed by atoms with E-state index in [1.807, 2.05) is 7.05 Å². The van der Waals surface area contributed by atoms with Crippen LogP contribution in [0.4, 0.5) is 0 Å². The van der Waals surface area contributed by atoms with Crippen molar-refractivity contribution in [3.8, 4) is 0 Å². The summed E-state index contributed by atoms with van der Waals surface area (Å²) in [6.07, 6.45) is 2.42. The number of nitrogens with one attached hydrogen (secondary N) is 1. The summed E-state index contributed by atoms with van der Waals surface area (Å²) in [5.74, 6) is -0.0960. The molecule has 1 aliphatic heterocycles. The van der Waals surface area contributed by atoms with Crippen LogP contribution in [0.2, 0.25) is 0 Å². The number of carboxylic acids is 1. The number of hydrogen-bond acceptors (Lipinski definition) is 4. The second-order valence-corrected chi connectivity index (χ2v) is 5.83. The number of carboxylic acid groups (broad SMARTS) is 1. The molecule has 2 N–H and O–H groups in total. The maximum Gasteiger partial charge on any atom is 0.324 e. The third kappa shape index (κ3) is 4.23. The zero-order chi connectivity index (χ0) is 13.8. The first-order valence-corrected chi connectivity index (χ1v) is 6.67. The maximum absolute atomic E-state index is 11.2. The normalized spacial score (nSPS) is 22.1. The van der Waals surface area contributed by atoms with Gasteiger partial charge in [0.05, 0.1) is 0 Å². The lowest BCUT2D eigenvalue weighted by Crippen LogP contribution is -2.55. The van der Waals surface area contributed by atoms with Crippen LogP contribution in [0.15, 0.2) is 0 Å². The Kier molecular flexibility index (Phi) is 5.56. The minimum atomic E-state index is -0.861. The second-order valence-electron chi connectivity index (χ2n) is 5.83. The summed E-state index contributed by atoms with van der Waals surface area (Å²) in [4.78, 5) is 15.7. The third-order valence-corrected chi connectivity index (χ3v) is 4.02. The molecule has 1 fully saturated rings. The van der Waals surface area contributed by atoms with Gasteiger partial charge in [0, 0.05) is 13.1 Å². The molecule has 0 radical (unpaired) electrons. The summed E-state index contributed by atoms with van der Waals surface area (Å²) in [5, 5.41) is 12.1. The fraction of sp³-hybridized carbons (Fsp3) is 0.923. The van der Waals surface area contributed by atoms with Crippen LogP contribution in [-0.2, 0) is 4.79 Å². The maximum atomic E-state index is 11.2. The van der Waals surface area contributed by atoms with E-state index in [2.05, 4.69) is 22.2 Å². The van der Waals surface area contributed by atoms with E-state index < -0.39 is 11.5 Å². The Morgan fingerprint density at radius 1 is 1.50 bits per heavy atom. The van der Waals surface area contributed by atoms with Gasteiger partial charge in [-0.05, 0) is 59.9 Å². The molecule has 1 atom stereocenters. The molecule has 1 heterocycles. The number of nitrogens with zero attached hydrogens (tertiary/aromatic N) is 2. The van der Waals surface area contributed by atoms with Crippen LogP contribution < -0.4 is 5.32 Å². The quantitative estimate of drug-likeness (QED) is 0.718. The third-order valence-electron chi connectivity index (χ3n) is 4.02. The van der Waals surface area contributed by atoms with E-state index in [0.717, 1.165) is 19.6 Å². The highest BCUT2D eigenvalue weighted by Gasteiger charge is 2.33. The molecule has 18 heavy (non-hydrogen) atoms. The molecule has 1 saturated heterocycles. The van der Waals surface area contributed by atoms with Gasteiger partial charge in [0.15, 0.2) is 0 Å². The number of hydrogen-bond donors (Lipinski definition) is 2. The fourth-order valence-electron chi connectivity index (χ4n) is 2.54. The van der Waals surface area contributed by atoms with E-state index in [1.54, 1.807) is 14.0 Å². The SMILES string of the molecule is CNC(C)(CN(C)CC1CCN(C)CC1)C(=O)O. The monoisotopic (exact) mass is 257 g/mol. The van der Waals surface area contributed by atoms with Gasteiger partial charge in [-0.2, -0.15) is 0 Å². The van der Waals surface area contributed by atoms with Gasteiger partial charge in [-0.3, -0.25) is 4.79 Å². The molecule has 0 aliphatic carbocycles. The molecule has 0 amide bonds. The minimum absolute atomic E-state index is 0.533. The molecule has 106 valence electrons. The van der Waals surface area contributed by atoms with Crippen LogP contribution in [0.1, 0.15) is 19.8 Å². The van der Waals surface area contributed by atoms with Gasteiger partial charge in [0.1, 0.15) is 5.54 Å². The average molecular weight is 257 g/mol. The van der Waals surface area contributed by atoms with Gasteiger partial charge in [0.25, 0.3) is 0 Å².